The number of benzene rings is 1. The van der Waals surface area contributed by atoms with Crippen molar-refractivity contribution in [2.45, 2.75) is 32.8 Å². The van der Waals surface area contributed by atoms with E-state index in [4.69, 9.17) is 0 Å². The second kappa shape index (κ2) is 5.78. The second-order valence-corrected chi connectivity index (χ2v) is 4.40. The highest BCUT2D eigenvalue weighted by atomic mass is 16.3. The lowest BCUT2D eigenvalue weighted by atomic mass is 9.96. The Balaban J connectivity index is 2.43. The maximum absolute atomic E-state index is 10.1. The minimum Gasteiger partial charge on any atom is -0.388 e. The molecule has 1 aromatic carbocycles. The monoisotopic (exact) mass is 241 g/mol. The largest absolute Gasteiger partial charge is 0.388 e. The van der Waals surface area contributed by atoms with Crippen LogP contribution in [0.3, 0.4) is 0 Å². The molecule has 1 atom stereocenters. The molecule has 0 saturated heterocycles. The highest BCUT2D eigenvalue weighted by Crippen LogP contribution is 2.29. The van der Waals surface area contributed by atoms with Crippen LogP contribution in [0, 0.1) is 0 Å². The average Bonchev–Trinajstić information content (AvgIpc) is 2.46. The number of hydrogen-bond donors (Lipinski definition) is 1. The molecule has 2 nitrogen and oxygen atoms in total. The summed E-state index contributed by atoms with van der Waals surface area (Å²) in [5.74, 6) is 0. The predicted octanol–water partition coefficient (Wildman–Crippen LogP) is 3.75. The fraction of sp³-hybridized carbons (Fsp3) is 0.312. The maximum atomic E-state index is 10.1. The minimum absolute atomic E-state index is 0.410. The van der Waals surface area contributed by atoms with E-state index in [1.165, 1.54) is 0 Å². The molecule has 0 aliphatic heterocycles. The predicted molar refractivity (Wildman–Crippen MR) is 74.3 cm³/mol. The van der Waals surface area contributed by atoms with Gasteiger partial charge in [-0.05, 0) is 30.0 Å². The number of hydrogen-bond acceptors (Lipinski definition) is 2. The van der Waals surface area contributed by atoms with Crippen molar-refractivity contribution < 1.29 is 5.11 Å². The summed E-state index contributed by atoms with van der Waals surface area (Å²) in [6.07, 6.45) is 3.14. The minimum atomic E-state index is -0.410. The number of aromatic nitrogens is 1. The molecule has 0 aliphatic carbocycles. The fourth-order valence-electron chi connectivity index (χ4n) is 2.06. The molecule has 2 heteroatoms. The molecule has 0 aliphatic rings. The molecule has 0 amide bonds. The standard InChI is InChI=1S/C16H19NO/c1-3-13-10-9-12(11-17-13)14-7-5-6-8-15(14)16(18)4-2/h5-11,16,18H,3-4H2,1-2H3. The van der Waals surface area contributed by atoms with Crippen LogP contribution in [-0.2, 0) is 6.42 Å². The molecule has 1 N–H and O–H groups in total. The van der Waals surface area contributed by atoms with Gasteiger partial charge < -0.3 is 5.11 Å². The van der Waals surface area contributed by atoms with Gasteiger partial charge in [0, 0.05) is 17.5 Å². The quantitative estimate of drug-likeness (QED) is 0.884. The van der Waals surface area contributed by atoms with Gasteiger partial charge in [0.25, 0.3) is 0 Å². The maximum Gasteiger partial charge on any atom is 0.0793 e. The van der Waals surface area contributed by atoms with Crippen LogP contribution in [0.5, 0.6) is 0 Å². The number of pyridine rings is 1. The van der Waals surface area contributed by atoms with Crippen molar-refractivity contribution in [3.8, 4) is 11.1 Å². The Morgan fingerprint density at radius 1 is 1.11 bits per heavy atom. The summed E-state index contributed by atoms with van der Waals surface area (Å²) in [7, 11) is 0. The molecule has 0 radical (unpaired) electrons. The van der Waals surface area contributed by atoms with Crippen molar-refractivity contribution in [2.75, 3.05) is 0 Å². The normalized spacial score (nSPS) is 12.4. The molecule has 2 rings (SSSR count). The zero-order valence-corrected chi connectivity index (χ0v) is 10.9. The van der Waals surface area contributed by atoms with Crippen LogP contribution in [-0.4, -0.2) is 10.1 Å². The lowest BCUT2D eigenvalue weighted by Crippen LogP contribution is -1.98. The first-order valence-corrected chi connectivity index (χ1v) is 6.48. The number of nitrogens with zero attached hydrogens (tertiary/aromatic N) is 1. The third-order valence-electron chi connectivity index (χ3n) is 3.20. The van der Waals surface area contributed by atoms with E-state index in [1.807, 2.05) is 43.5 Å². The van der Waals surface area contributed by atoms with Crippen LogP contribution in [0.25, 0.3) is 11.1 Å². The number of rotatable bonds is 4. The molecule has 2 aromatic rings. The SMILES string of the molecule is CCc1ccc(-c2ccccc2C(O)CC)cn1. The Kier molecular flexibility index (Phi) is 4.11. The van der Waals surface area contributed by atoms with Gasteiger partial charge in [-0.3, -0.25) is 4.98 Å². The Morgan fingerprint density at radius 3 is 2.50 bits per heavy atom. The first-order valence-electron chi connectivity index (χ1n) is 6.48. The van der Waals surface area contributed by atoms with Crippen molar-refractivity contribution >= 4 is 0 Å². The van der Waals surface area contributed by atoms with Gasteiger partial charge in [-0.1, -0.05) is 44.2 Å². The smallest absolute Gasteiger partial charge is 0.0793 e. The third-order valence-corrected chi connectivity index (χ3v) is 3.20. The van der Waals surface area contributed by atoms with Crippen molar-refractivity contribution in [3.63, 3.8) is 0 Å². The van der Waals surface area contributed by atoms with E-state index in [0.29, 0.717) is 0 Å². The number of aliphatic hydroxyl groups is 1. The van der Waals surface area contributed by atoms with E-state index in [-0.39, 0.29) is 0 Å². The van der Waals surface area contributed by atoms with Crippen LogP contribution in [0.4, 0.5) is 0 Å². The zero-order chi connectivity index (χ0) is 13.0. The van der Waals surface area contributed by atoms with E-state index < -0.39 is 6.10 Å². The number of aryl methyl sites for hydroxylation is 1. The first kappa shape index (κ1) is 12.8. The van der Waals surface area contributed by atoms with Crippen LogP contribution < -0.4 is 0 Å². The van der Waals surface area contributed by atoms with E-state index >= 15 is 0 Å². The summed E-state index contributed by atoms with van der Waals surface area (Å²) in [6.45, 7) is 4.08. The van der Waals surface area contributed by atoms with Crippen molar-refractivity contribution in [1.29, 1.82) is 0 Å². The Hall–Kier alpha value is -1.67. The molecular weight excluding hydrogens is 222 g/mol. The molecule has 1 heterocycles. The molecule has 1 aromatic heterocycles. The van der Waals surface area contributed by atoms with E-state index in [1.54, 1.807) is 0 Å². The summed E-state index contributed by atoms with van der Waals surface area (Å²) in [4.78, 5) is 4.42. The zero-order valence-electron chi connectivity index (χ0n) is 10.9. The van der Waals surface area contributed by atoms with Gasteiger partial charge in [-0.2, -0.15) is 0 Å². The summed E-state index contributed by atoms with van der Waals surface area (Å²) in [6, 6.07) is 12.1. The second-order valence-electron chi connectivity index (χ2n) is 4.40. The van der Waals surface area contributed by atoms with Crippen molar-refractivity contribution in [2.24, 2.45) is 0 Å². The Morgan fingerprint density at radius 2 is 1.89 bits per heavy atom. The van der Waals surface area contributed by atoms with Crippen molar-refractivity contribution in [3.05, 3.63) is 53.9 Å². The molecule has 0 saturated carbocycles. The highest BCUT2D eigenvalue weighted by molar-refractivity contribution is 5.67. The van der Waals surface area contributed by atoms with Crippen LogP contribution in [0.15, 0.2) is 42.6 Å². The van der Waals surface area contributed by atoms with Gasteiger partial charge in [0.1, 0.15) is 0 Å². The average molecular weight is 241 g/mol. The summed E-state index contributed by atoms with van der Waals surface area (Å²) < 4.78 is 0. The van der Waals surface area contributed by atoms with Crippen LogP contribution in [0.1, 0.15) is 37.6 Å². The molecule has 0 fully saturated rings. The molecule has 94 valence electrons. The molecule has 1 unspecified atom stereocenters. The molecule has 0 bridgehead atoms. The third kappa shape index (κ3) is 2.59. The van der Waals surface area contributed by atoms with Gasteiger partial charge in [0.05, 0.1) is 6.10 Å². The van der Waals surface area contributed by atoms with E-state index in [9.17, 15) is 5.11 Å². The highest BCUT2D eigenvalue weighted by Gasteiger charge is 2.11. The number of aliphatic hydroxyl groups excluding tert-OH is 1. The summed E-state index contributed by atoms with van der Waals surface area (Å²) in [5.41, 5.74) is 4.20. The topological polar surface area (TPSA) is 33.1 Å². The molecule has 18 heavy (non-hydrogen) atoms. The van der Waals surface area contributed by atoms with Gasteiger partial charge >= 0.3 is 0 Å². The van der Waals surface area contributed by atoms with Crippen molar-refractivity contribution in [1.82, 2.24) is 4.98 Å². The summed E-state index contributed by atoms with van der Waals surface area (Å²) >= 11 is 0. The van der Waals surface area contributed by atoms with Crippen LogP contribution >= 0.6 is 0 Å². The van der Waals surface area contributed by atoms with E-state index in [2.05, 4.69) is 18.0 Å². The van der Waals surface area contributed by atoms with Crippen LogP contribution in [0.2, 0.25) is 0 Å². The molecular formula is C16H19NO. The lowest BCUT2D eigenvalue weighted by molar-refractivity contribution is 0.174. The lowest BCUT2D eigenvalue weighted by Gasteiger charge is -2.14. The van der Waals surface area contributed by atoms with Gasteiger partial charge in [0.15, 0.2) is 0 Å². The van der Waals surface area contributed by atoms with Gasteiger partial charge in [-0.15, -0.1) is 0 Å². The van der Waals surface area contributed by atoms with Gasteiger partial charge in [-0.25, -0.2) is 0 Å². The Bertz CT molecular complexity index is 505. The van der Waals surface area contributed by atoms with E-state index in [0.717, 1.165) is 35.2 Å². The molecule has 0 spiro atoms. The Labute approximate surface area is 108 Å². The van der Waals surface area contributed by atoms with Gasteiger partial charge in [0.2, 0.25) is 0 Å². The fourth-order valence-corrected chi connectivity index (χ4v) is 2.06. The summed E-state index contributed by atoms with van der Waals surface area (Å²) in [5, 5.41) is 10.1. The first-order chi connectivity index (χ1) is 8.76.